The fourth-order valence-electron chi connectivity index (χ4n) is 3.58. The van der Waals surface area contributed by atoms with Crippen LogP contribution in [0, 0.1) is 12.7 Å². The van der Waals surface area contributed by atoms with Gasteiger partial charge in [-0.05, 0) is 19.9 Å². The number of rotatable bonds is 6. The standard InChI is InChI=1S/C19H26FN3O3/c1-4-21-19(24)17-13(2)23(6-5-22-7-9-26-10-8-22)18-15(17)11-14(20)12-16(18)25-3/h11-12H,4-10H2,1-3H3,(H,21,24). The molecule has 1 amide bonds. The summed E-state index contributed by atoms with van der Waals surface area (Å²) in [5, 5.41) is 3.42. The van der Waals surface area contributed by atoms with E-state index in [0.29, 0.717) is 29.8 Å². The number of fused-ring (bicyclic) bond motifs is 1. The Bertz CT molecular complexity index is 797. The molecular formula is C19H26FN3O3. The second-order valence-electron chi connectivity index (χ2n) is 6.43. The van der Waals surface area contributed by atoms with E-state index in [1.165, 1.54) is 19.2 Å². The molecule has 1 fully saturated rings. The van der Waals surface area contributed by atoms with Gasteiger partial charge in [-0.2, -0.15) is 0 Å². The molecular weight excluding hydrogens is 337 g/mol. The number of hydrogen-bond acceptors (Lipinski definition) is 4. The van der Waals surface area contributed by atoms with Crippen LogP contribution in [-0.4, -0.2) is 61.9 Å². The fourth-order valence-corrected chi connectivity index (χ4v) is 3.58. The maximum atomic E-state index is 14.1. The lowest BCUT2D eigenvalue weighted by Gasteiger charge is -2.27. The third kappa shape index (κ3) is 3.54. The number of carbonyl (C=O) groups excluding carboxylic acids is 1. The third-order valence-corrected chi connectivity index (χ3v) is 4.87. The van der Waals surface area contributed by atoms with Gasteiger partial charge in [-0.1, -0.05) is 0 Å². The Morgan fingerprint density at radius 2 is 2.04 bits per heavy atom. The molecule has 0 radical (unpaired) electrons. The molecule has 0 bridgehead atoms. The van der Waals surface area contributed by atoms with Crippen LogP contribution in [0.4, 0.5) is 4.39 Å². The van der Waals surface area contributed by atoms with E-state index in [0.717, 1.165) is 44.1 Å². The number of amides is 1. The summed E-state index contributed by atoms with van der Waals surface area (Å²) in [6, 6.07) is 2.79. The molecule has 1 saturated heterocycles. The maximum absolute atomic E-state index is 14.1. The molecule has 1 aliphatic rings. The van der Waals surface area contributed by atoms with E-state index in [2.05, 4.69) is 14.8 Å². The predicted octanol–water partition coefficient (Wildman–Crippen LogP) is 2.18. The molecule has 7 heteroatoms. The lowest BCUT2D eigenvalue weighted by molar-refractivity contribution is 0.0365. The number of hydrogen-bond donors (Lipinski definition) is 1. The second kappa shape index (κ2) is 8.05. The number of carbonyl (C=O) groups is 1. The van der Waals surface area contributed by atoms with E-state index >= 15 is 0 Å². The summed E-state index contributed by atoms with van der Waals surface area (Å²) in [6.45, 7) is 9.10. The number of methoxy groups -OCH3 is 1. The van der Waals surface area contributed by atoms with Crippen molar-refractivity contribution in [3.05, 3.63) is 29.2 Å². The third-order valence-electron chi connectivity index (χ3n) is 4.87. The van der Waals surface area contributed by atoms with Gasteiger partial charge >= 0.3 is 0 Å². The van der Waals surface area contributed by atoms with Crippen molar-refractivity contribution in [3.8, 4) is 5.75 Å². The van der Waals surface area contributed by atoms with Crippen LogP contribution in [0.15, 0.2) is 12.1 Å². The van der Waals surface area contributed by atoms with Crippen molar-refractivity contribution in [2.24, 2.45) is 0 Å². The van der Waals surface area contributed by atoms with E-state index in [1.54, 1.807) is 0 Å². The van der Waals surface area contributed by atoms with Gasteiger partial charge in [-0.25, -0.2) is 4.39 Å². The van der Waals surface area contributed by atoms with Crippen LogP contribution in [0.2, 0.25) is 0 Å². The zero-order chi connectivity index (χ0) is 18.7. The normalized spacial score (nSPS) is 15.4. The number of morpholine rings is 1. The molecule has 0 unspecified atom stereocenters. The Kier molecular flexibility index (Phi) is 5.78. The second-order valence-corrected chi connectivity index (χ2v) is 6.43. The summed E-state index contributed by atoms with van der Waals surface area (Å²) >= 11 is 0. The smallest absolute Gasteiger partial charge is 0.253 e. The Morgan fingerprint density at radius 3 is 2.69 bits per heavy atom. The first kappa shape index (κ1) is 18.7. The van der Waals surface area contributed by atoms with Crippen molar-refractivity contribution in [1.82, 2.24) is 14.8 Å². The van der Waals surface area contributed by atoms with Crippen LogP contribution < -0.4 is 10.1 Å². The summed E-state index contributed by atoms with van der Waals surface area (Å²) in [5.74, 6) is -0.154. The average molecular weight is 363 g/mol. The number of nitrogens with one attached hydrogen (secondary N) is 1. The van der Waals surface area contributed by atoms with Crippen LogP contribution in [0.25, 0.3) is 10.9 Å². The van der Waals surface area contributed by atoms with Gasteiger partial charge in [0, 0.05) is 49.9 Å². The summed E-state index contributed by atoms with van der Waals surface area (Å²) < 4.78 is 27.0. The Labute approximate surface area is 152 Å². The molecule has 1 N–H and O–H groups in total. The highest BCUT2D eigenvalue weighted by molar-refractivity contribution is 6.09. The molecule has 0 spiro atoms. The fraction of sp³-hybridized carbons (Fsp3) is 0.526. The van der Waals surface area contributed by atoms with E-state index in [4.69, 9.17) is 9.47 Å². The summed E-state index contributed by atoms with van der Waals surface area (Å²) in [7, 11) is 1.52. The first-order chi connectivity index (χ1) is 12.6. The lowest BCUT2D eigenvalue weighted by atomic mass is 10.1. The minimum Gasteiger partial charge on any atom is -0.494 e. The zero-order valence-corrected chi connectivity index (χ0v) is 15.6. The Morgan fingerprint density at radius 1 is 1.31 bits per heavy atom. The van der Waals surface area contributed by atoms with Crippen LogP contribution in [-0.2, 0) is 11.3 Å². The van der Waals surface area contributed by atoms with Crippen LogP contribution in [0.1, 0.15) is 23.0 Å². The molecule has 142 valence electrons. The molecule has 2 heterocycles. The van der Waals surface area contributed by atoms with E-state index in [1.807, 2.05) is 13.8 Å². The van der Waals surface area contributed by atoms with E-state index in [9.17, 15) is 9.18 Å². The van der Waals surface area contributed by atoms with Crippen molar-refractivity contribution < 1.29 is 18.7 Å². The van der Waals surface area contributed by atoms with Crippen molar-refractivity contribution in [2.45, 2.75) is 20.4 Å². The van der Waals surface area contributed by atoms with E-state index in [-0.39, 0.29) is 5.91 Å². The highest BCUT2D eigenvalue weighted by Gasteiger charge is 2.23. The number of benzene rings is 1. The van der Waals surface area contributed by atoms with Crippen LogP contribution in [0.3, 0.4) is 0 Å². The van der Waals surface area contributed by atoms with Gasteiger partial charge in [0.15, 0.2) is 0 Å². The minimum absolute atomic E-state index is 0.187. The zero-order valence-electron chi connectivity index (χ0n) is 15.6. The minimum atomic E-state index is -0.412. The van der Waals surface area contributed by atoms with Crippen molar-refractivity contribution >= 4 is 16.8 Å². The molecule has 1 aliphatic heterocycles. The topological polar surface area (TPSA) is 55.7 Å². The average Bonchev–Trinajstić information content (AvgIpc) is 2.91. The molecule has 3 rings (SSSR count). The highest BCUT2D eigenvalue weighted by Crippen LogP contribution is 2.34. The monoisotopic (exact) mass is 363 g/mol. The number of halogens is 1. The van der Waals surface area contributed by atoms with Gasteiger partial charge in [-0.15, -0.1) is 0 Å². The molecule has 2 aromatic rings. The molecule has 6 nitrogen and oxygen atoms in total. The quantitative estimate of drug-likeness (QED) is 0.855. The van der Waals surface area contributed by atoms with Gasteiger partial charge in [0.2, 0.25) is 0 Å². The first-order valence-corrected chi connectivity index (χ1v) is 9.01. The Balaban J connectivity index is 2.05. The van der Waals surface area contributed by atoms with Crippen molar-refractivity contribution in [3.63, 3.8) is 0 Å². The first-order valence-electron chi connectivity index (χ1n) is 9.01. The summed E-state index contributed by atoms with van der Waals surface area (Å²) in [4.78, 5) is 14.9. The summed E-state index contributed by atoms with van der Waals surface area (Å²) in [6.07, 6.45) is 0. The number of nitrogens with zero attached hydrogens (tertiary/aromatic N) is 2. The molecule has 1 aromatic carbocycles. The van der Waals surface area contributed by atoms with Crippen LogP contribution in [0.5, 0.6) is 5.75 Å². The SMILES string of the molecule is CCNC(=O)c1c(C)n(CCN2CCOCC2)c2c(OC)cc(F)cc12. The highest BCUT2D eigenvalue weighted by atomic mass is 19.1. The summed E-state index contributed by atoms with van der Waals surface area (Å²) in [5.41, 5.74) is 2.10. The predicted molar refractivity (Wildman–Crippen MR) is 98.5 cm³/mol. The molecule has 0 aliphatic carbocycles. The Hall–Kier alpha value is -2.12. The molecule has 26 heavy (non-hydrogen) atoms. The largest absolute Gasteiger partial charge is 0.494 e. The molecule has 1 aromatic heterocycles. The van der Waals surface area contributed by atoms with Crippen LogP contribution >= 0.6 is 0 Å². The van der Waals surface area contributed by atoms with Gasteiger partial charge in [0.25, 0.3) is 5.91 Å². The molecule has 0 atom stereocenters. The van der Waals surface area contributed by atoms with Gasteiger partial charge in [0.1, 0.15) is 11.6 Å². The number of aromatic nitrogens is 1. The van der Waals surface area contributed by atoms with Gasteiger partial charge < -0.3 is 19.4 Å². The van der Waals surface area contributed by atoms with Gasteiger partial charge in [0.05, 0.1) is 31.4 Å². The van der Waals surface area contributed by atoms with E-state index < -0.39 is 5.82 Å². The number of ether oxygens (including phenoxy) is 2. The van der Waals surface area contributed by atoms with Gasteiger partial charge in [-0.3, -0.25) is 9.69 Å². The lowest BCUT2D eigenvalue weighted by Crippen LogP contribution is -2.38. The maximum Gasteiger partial charge on any atom is 0.253 e. The molecule has 0 saturated carbocycles. The van der Waals surface area contributed by atoms with Crippen molar-refractivity contribution in [2.75, 3.05) is 46.5 Å². The van der Waals surface area contributed by atoms with Crippen molar-refractivity contribution in [1.29, 1.82) is 0 Å².